The Bertz CT molecular complexity index is 1290. The molecule has 0 atom stereocenters. The van der Waals surface area contributed by atoms with E-state index in [4.69, 9.17) is 9.94 Å². The molecule has 2 amide bonds. The van der Waals surface area contributed by atoms with E-state index in [0.29, 0.717) is 11.3 Å². The molecule has 3 aromatic carbocycles. The molecule has 3 aromatic rings. The van der Waals surface area contributed by atoms with Gasteiger partial charge in [-0.2, -0.15) is 0 Å². The number of hydrogen-bond donors (Lipinski definition) is 4. The fourth-order valence-electron chi connectivity index (χ4n) is 3.45. The Hall–Kier alpha value is -3.93. The number of amides is 2. The monoisotopic (exact) mass is 485 g/mol. The van der Waals surface area contributed by atoms with Crippen LogP contribution in [-0.2, 0) is 16.6 Å². The fraction of sp³-hybridized carbons (Fsp3) is 0.130. The van der Waals surface area contributed by atoms with Crippen molar-refractivity contribution < 1.29 is 33.2 Å². The highest BCUT2D eigenvalue weighted by atomic mass is 32.2. The third-order valence-electron chi connectivity index (χ3n) is 5.08. The van der Waals surface area contributed by atoms with Crippen molar-refractivity contribution in [3.05, 3.63) is 89.0 Å². The van der Waals surface area contributed by atoms with Crippen molar-refractivity contribution in [2.75, 3.05) is 11.4 Å². The van der Waals surface area contributed by atoms with Gasteiger partial charge in [0, 0.05) is 5.56 Å². The van der Waals surface area contributed by atoms with Gasteiger partial charge in [0.15, 0.2) is 0 Å². The number of nitrogens with zero attached hydrogens (tertiary/aromatic N) is 1. The maximum atomic E-state index is 13.8. The molecule has 0 bridgehead atoms. The smallest absolute Gasteiger partial charge is 0.276 e. The molecule has 0 aromatic heterocycles. The van der Waals surface area contributed by atoms with Crippen molar-refractivity contribution in [3.63, 3.8) is 0 Å². The number of ether oxygens (including phenoxy) is 1. The first-order chi connectivity index (χ1) is 16.2. The molecule has 0 aliphatic rings. The molecule has 0 saturated heterocycles. The molecule has 0 unspecified atom stereocenters. The van der Waals surface area contributed by atoms with Crippen molar-refractivity contribution >= 4 is 27.5 Å². The van der Waals surface area contributed by atoms with E-state index in [9.17, 15) is 23.2 Å². The van der Waals surface area contributed by atoms with E-state index >= 15 is 0 Å². The number of hydroxylamine groups is 2. The molecule has 0 aliphatic carbocycles. The molecular formula is C23H23N3O7S. The average Bonchev–Trinajstić information content (AvgIpc) is 2.86. The lowest BCUT2D eigenvalue weighted by molar-refractivity contribution is 0.0702. The lowest BCUT2D eigenvalue weighted by atomic mass is 10.0. The second-order valence-electron chi connectivity index (χ2n) is 7.24. The van der Waals surface area contributed by atoms with Crippen LogP contribution in [0.1, 0.15) is 31.8 Å². The third kappa shape index (κ3) is 5.01. The first kappa shape index (κ1) is 24.7. The summed E-state index contributed by atoms with van der Waals surface area (Å²) in [5.41, 5.74) is 3.40. The van der Waals surface area contributed by atoms with Gasteiger partial charge in [-0.25, -0.2) is 19.4 Å². The third-order valence-corrected chi connectivity index (χ3v) is 6.84. The summed E-state index contributed by atoms with van der Waals surface area (Å²) in [6.07, 6.45) is 0. The molecule has 4 N–H and O–H groups in total. The maximum absolute atomic E-state index is 13.8. The van der Waals surface area contributed by atoms with Crippen LogP contribution in [0.3, 0.4) is 0 Å². The van der Waals surface area contributed by atoms with E-state index in [1.165, 1.54) is 55.3 Å². The number of carbonyl (C=O) groups is 2. The zero-order chi connectivity index (χ0) is 24.9. The van der Waals surface area contributed by atoms with Gasteiger partial charge < -0.3 is 4.74 Å². The lowest BCUT2D eigenvalue weighted by Gasteiger charge is -2.28. The Labute approximate surface area is 196 Å². The molecule has 0 fully saturated rings. The Morgan fingerprint density at radius 2 is 1.56 bits per heavy atom. The lowest BCUT2D eigenvalue weighted by Crippen LogP contribution is -2.34. The van der Waals surface area contributed by atoms with E-state index in [0.717, 1.165) is 10.4 Å². The average molecular weight is 486 g/mol. The minimum atomic E-state index is -4.24. The zero-order valence-electron chi connectivity index (χ0n) is 18.3. The molecule has 3 rings (SSSR count). The highest BCUT2D eigenvalue weighted by Gasteiger charge is 2.31. The normalized spacial score (nSPS) is 10.9. The van der Waals surface area contributed by atoms with Gasteiger partial charge in [0.25, 0.3) is 21.8 Å². The van der Waals surface area contributed by atoms with Crippen LogP contribution in [0.2, 0.25) is 0 Å². The van der Waals surface area contributed by atoms with Crippen LogP contribution in [0.25, 0.3) is 0 Å². The van der Waals surface area contributed by atoms with E-state index in [1.807, 2.05) is 0 Å². The van der Waals surface area contributed by atoms with Gasteiger partial charge >= 0.3 is 0 Å². The summed E-state index contributed by atoms with van der Waals surface area (Å²) < 4.78 is 33.7. The zero-order valence-corrected chi connectivity index (χ0v) is 19.2. The van der Waals surface area contributed by atoms with Crippen LogP contribution in [-0.4, -0.2) is 37.8 Å². The molecule has 0 heterocycles. The Morgan fingerprint density at radius 1 is 0.941 bits per heavy atom. The number of carbonyl (C=O) groups excluding carboxylic acids is 2. The van der Waals surface area contributed by atoms with Crippen LogP contribution in [0.4, 0.5) is 5.69 Å². The largest absolute Gasteiger partial charge is 0.497 e. The van der Waals surface area contributed by atoms with Gasteiger partial charge in [-0.15, -0.1) is 0 Å². The molecule has 0 aliphatic heterocycles. The summed E-state index contributed by atoms with van der Waals surface area (Å²) in [4.78, 5) is 24.5. The molecule has 178 valence electrons. The van der Waals surface area contributed by atoms with E-state index in [1.54, 1.807) is 30.3 Å². The Kier molecular flexibility index (Phi) is 7.51. The first-order valence-corrected chi connectivity index (χ1v) is 11.4. The number of nitrogens with one attached hydrogen (secondary N) is 2. The number of methoxy groups -OCH3 is 1. The van der Waals surface area contributed by atoms with E-state index < -0.39 is 21.8 Å². The molecule has 0 saturated carbocycles. The summed E-state index contributed by atoms with van der Waals surface area (Å²) in [5, 5.41) is 18.3. The molecule has 0 radical (unpaired) electrons. The first-order valence-electron chi connectivity index (χ1n) is 9.97. The summed E-state index contributed by atoms with van der Waals surface area (Å²) >= 11 is 0. The standard InChI is InChI=1S/C23H23N3O7S/c1-15-12-17(22(27)24-29)13-20(23(28)25-30)21(15)26(14-16-6-4-3-5-7-16)34(31,32)19-10-8-18(33-2)9-11-19/h3-13,29-30H,14H2,1-2H3,(H,24,27)(H,25,28). The molecule has 11 heteroatoms. The molecule has 34 heavy (non-hydrogen) atoms. The highest BCUT2D eigenvalue weighted by molar-refractivity contribution is 7.92. The van der Waals surface area contributed by atoms with Crippen LogP contribution in [0.5, 0.6) is 5.75 Å². The fourth-order valence-corrected chi connectivity index (χ4v) is 4.98. The second-order valence-corrected chi connectivity index (χ2v) is 9.11. The maximum Gasteiger partial charge on any atom is 0.276 e. The number of sulfonamides is 1. The summed E-state index contributed by atoms with van der Waals surface area (Å²) in [5.74, 6) is -1.48. The highest BCUT2D eigenvalue weighted by Crippen LogP contribution is 2.34. The summed E-state index contributed by atoms with van der Waals surface area (Å²) in [6.45, 7) is 1.37. The van der Waals surface area contributed by atoms with Crippen molar-refractivity contribution in [2.24, 2.45) is 0 Å². The number of rotatable bonds is 8. The Balaban J connectivity index is 2.27. The topological polar surface area (TPSA) is 145 Å². The van der Waals surface area contributed by atoms with Gasteiger partial charge in [0.2, 0.25) is 0 Å². The predicted octanol–water partition coefficient (Wildman–Crippen LogP) is 2.64. The van der Waals surface area contributed by atoms with Crippen LogP contribution in [0.15, 0.2) is 71.6 Å². The van der Waals surface area contributed by atoms with Gasteiger partial charge in [0.05, 0.1) is 29.8 Å². The SMILES string of the molecule is COc1ccc(S(=O)(=O)N(Cc2ccccc2)c2c(C)cc(C(=O)NO)cc2C(=O)NO)cc1. The van der Waals surface area contributed by atoms with Gasteiger partial charge in [-0.05, 0) is 54.4 Å². The van der Waals surface area contributed by atoms with E-state index in [-0.39, 0.29) is 33.8 Å². The molecular weight excluding hydrogens is 462 g/mol. The number of anilines is 1. The number of benzene rings is 3. The minimum Gasteiger partial charge on any atom is -0.497 e. The number of hydrogen-bond acceptors (Lipinski definition) is 7. The van der Waals surface area contributed by atoms with Gasteiger partial charge in [-0.1, -0.05) is 30.3 Å². The second kappa shape index (κ2) is 10.3. The number of aryl methyl sites for hydroxylation is 1. The van der Waals surface area contributed by atoms with E-state index in [2.05, 4.69) is 0 Å². The molecule has 0 spiro atoms. The molecule has 10 nitrogen and oxygen atoms in total. The van der Waals surface area contributed by atoms with Crippen LogP contribution >= 0.6 is 0 Å². The quantitative estimate of drug-likeness (QED) is 0.283. The summed E-state index contributed by atoms with van der Waals surface area (Å²) in [6, 6.07) is 16.9. The van der Waals surface area contributed by atoms with Crippen molar-refractivity contribution in [2.45, 2.75) is 18.4 Å². The predicted molar refractivity (Wildman–Crippen MR) is 122 cm³/mol. The van der Waals surface area contributed by atoms with Crippen molar-refractivity contribution in [3.8, 4) is 5.75 Å². The Morgan fingerprint density at radius 3 is 2.12 bits per heavy atom. The van der Waals surface area contributed by atoms with Gasteiger partial charge in [-0.3, -0.25) is 24.3 Å². The van der Waals surface area contributed by atoms with Gasteiger partial charge in [0.1, 0.15) is 5.75 Å². The summed E-state index contributed by atoms with van der Waals surface area (Å²) in [7, 11) is -2.78. The van der Waals surface area contributed by atoms with Crippen molar-refractivity contribution in [1.29, 1.82) is 0 Å². The van der Waals surface area contributed by atoms with Crippen molar-refractivity contribution in [1.82, 2.24) is 11.0 Å². The van der Waals surface area contributed by atoms with Crippen LogP contribution in [0, 0.1) is 6.92 Å². The minimum absolute atomic E-state index is 0.0410. The van der Waals surface area contributed by atoms with Crippen LogP contribution < -0.4 is 20.0 Å².